The molecule has 3 heteroatoms. The highest BCUT2D eigenvalue weighted by molar-refractivity contribution is 5.27. The molecule has 3 nitrogen and oxygen atoms in total. The first-order valence-electron chi connectivity index (χ1n) is 6.41. The lowest BCUT2D eigenvalue weighted by molar-refractivity contribution is 0.0619. The van der Waals surface area contributed by atoms with Crippen LogP contribution >= 0.6 is 0 Å². The third-order valence-electron chi connectivity index (χ3n) is 3.10. The second kappa shape index (κ2) is 6.03. The van der Waals surface area contributed by atoms with Crippen LogP contribution in [0.1, 0.15) is 31.7 Å². The van der Waals surface area contributed by atoms with Gasteiger partial charge in [-0.3, -0.25) is 0 Å². The molecule has 1 fully saturated rings. The van der Waals surface area contributed by atoms with Crippen molar-refractivity contribution in [1.29, 1.82) is 0 Å². The van der Waals surface area contributed by atoms with Crippen molar-refractivity contribution in [2.75, 3.05) is 6.61 Å². The Labute approximate surface area is 103 Å². The Morgan fingerprint density at radius 1 is 1.29 bits per heavy atom. The van der Waals surface area contributed by atoms with Gasteiger partial charge in [0.1, 0.15) is 5.75 Å². The van der Waals surface area contributed by atoms with E-state index >= 15 is 0 Å². The van der Waals surface area contributed by atoms with E-state index in [1.165, 1.54) is 5.56 Å². The summed E-state index contributed by atoms with van der Waals surface area (Å²) in [5.74, 6) is 0.940. The van der Waals surface area contributed by atoms with Crippen LogP contribution < -0.4 is 10.1 Å². The van der Waals surface area contributed by atoms with Gasteiger partial charge in [-0.05, 0) is 37.0 Å². The average molecular weight is 235 g/mol. The van der Waals surface area contributed by atoms with Crippen molar-refractivity contribution in [2.45, 2.75) is 44.9 Å². The lowest BCUT2D eigenvalue weighted by Gasteiger charge is -2.32. The van der Waals surface area contributed by atoms with Gasteiger partial charge in [0, 0.05) is 12.6 Å². The van der Waals surface area contributed by atoms with E-state index in [-0.39, 0.29) is 6.10 Å². The van der Waals surface area contributed by atoms with Crippen LogP contribution in [0, 0.1) is 0 Å². The van der Waals surface area contributed by atoms with Crippen molar-refractivity contribution in [3.8, 4) is 5.75 Å². The molecule has 2 N–H and O–H groups in total. The van der Waals surface area contributed by atoms with Crippen molar-refractivity contribution in [3.63, 3.8) is 0 Å². The molecule has 17 heavy (non-hydrogen) atoms. The van der Waals surface area contributed by atoms with Gasteiger partial charge in [-0.15, -0.1) is 0 Å². The monoisotopic (exact) mass is 235 g/mol. The lowest BCUT2D eigenvalue weighted by atomic mass is 9.89. The minimum absolute atomic E-state index is 0.0858. The standard InChI is InChI=1S/C14H21NO2/c1-2-7-17-14-5-3-11(4-6-14)10-15-12-8-13(16)9-12/h3-6,12-13,15-16H,2,7-10H2,1H3. The van der Waals surface area contributed by atoms with Crippen molar-refractivity contribution < 1.29 is 9.84 Å². The number of rotatable bonds is 6. The Bertz CT molecular complexity index is 331. The van der Waals surface area contributed by atoms with Gasteiger partial charge in [0.05, 0.1) is 12.7 Å². The Morgan fingerprint density at radius 3 is 2.59 bits per heavy atom. The van der Waals surface area contributed by atoms with Crippen molar-refractivity contribution in [3.05, 3.63) is 29.8 Å². The lowest BCUT2D eigenvalue weighted by Crippen LogP contribution is -2.43. The quantitative estimate of drug-likeness (QED) is 0.793. The normalized spacial score (nSPS) is 23.2. The highest BCUT2D eigenvalue weighted by Crippen LogP contribution is 2.20. The molecule has 1 saturated carbocycles. The molecule has 0 amide bonds. The van der Waals surface area contributed by atoms with Crippen molar-refractivity contribution in [2.24, 2.45) is 0 Å². The van der Waals surface area contributed by atoms with Crippen LogP contribution in [0.25, 0.3) is 0 Å². The van der Waals surface area contributed by atoms with E-state index in [2.05, 4.69) is 24.4 Å². The number of hydrogen-bond donors (Lipinski definition) is 2. The highest BCUT2D eigenvalue weighted by Gasteiger charge is 2.26. The minimum Gasteiger partial charge on any atom is -0.494 e. The van der Waals surface area contributed by atoms with E-state index in [9.17, 15) is 5.11 Å². The van der Waals surface area contributed by atoms with Crippen LogP contribution in [0.5, 0.6) is 5.75 Å². The fourth-order valence-corrected chi connectivity index (χ4v) is 1.94. The summed E-state index contributed by atoms with van der Waals surface area (Å²) in [6, 6.07) is 8.70. The number of benzene rings is 1. The molecule has 0 saturated heterocycles. The zero-order valence-electron chi connectivity index (χ0n) is 10.4. The third-order valence-corrected chi connectivity index (χ3v) is 3.10. The van der Waals surface area contributed by atoms with Gasteiger partial charge in [-0.2, -0.15) is 0 Å². The molecule has 0 aromatic heterocycles. The second-order valence-electron chi connectivity index (χ2n) is 4.70. The molecule has 0 heterocycles. The maximum atomic E-state index is 9.18. The molecule has 1 aliphatic carbocycles. The van der Waals surface area contributed by atoms with E-state index in [1.807, 2.05) is 12.1 Å². The topological polar surface area (TPSA) is 41.5 Å². The van der Waals surface area contributed by atoms with E-state index < -0.39 is 0 Å². The predicted octanol–water partition coefficient (Wildman–Crippen LogP) is 2.09. The van der Waals surface area contributed by atoms with Crippen LogP contribution in [0.4, 0.5) is 0 Å². The average Bonchev–Trinajstić information content (AvgIpc) is 2.32. The first kappa shape index (κ1) is 12.4. The Kier molecular flexibility index (Phi) is 4.40. The van der Waals surface area contributed by atoms with Crippen LogP contribution in [0.3, 0.4) is 0 Å². The molecule has 1 aromatic rings. The van der Waals surface area contributed by atoms with Gasteiger partial charge in [0.25, 0.3) is 0 Å². The van der Waals surface area contributed by atoms with E-state index in [1.54, 1.807) is 0 Å². The summed E-state index contributed by atoms with van der Waals surface area (Å²) in [6.45, 7) is 3.74. The van der Waals surface area contributed by atoms with Gasteiger partial charge < -0.3 is 15.2 Å². The zero-order chi connectivity index (χ0) is 12.1. The van der Waals surface area contributed by atoms with E-state index in [0.717, 1.165) is 38.2 Å². The van der Waals surface area contributed by atoms with Crippen LogP contribution in [0.15, 0.2) is 24.3 Å². The van der Waals surface area contributed by atoms with Gasteiger partial charge in [-0.25, -0.2) is 0 Å². The van der Waals surface area contributed by atoms with Gasteiger partial charge >= 0.3 is 0 Å². The maximum absolute atomic E-state index is 9.18. The first-order chi connectivity index (χ1) is 8.28. The number of ether oxygens (including phenoxy) is 1. The molecule has 0 bridgehead atoms. The molecule has 2 rings (SSSR count). The van der Waals surface area contributed by atoms with E-state index in [4.69, 9.17) is 4.74 Å². The summed E-state index contributed by atoms with van der Waals surface area (Å²) in [5, 5.41) is 12.6. The highest BCUT2D eigenvalue weighted by atomic mass is 16.5. The largest absolute Gasteiger partial charge is 0.494 e. The van der Waals surface area contributed by atoms with Crippen LogP contribution in [-0.4, -0.2) is 23.9 Å². The van der Waals surface area contributed by atoms with Gasteiger partial charge in [-0.1, -0.05) is 19.1 Å². The third kappa shape index (κ3) is 3.72. The first-order valence-corrected chi connectivity index (χ1v) is 6.41. The summed E-state index contributed by atoms with van der Waals surface area (Å²) < 4.78 is 5.53. The predicted molar refractivity (Wildman–Crippen MR) is 68.1 cm³/mol. The molecule has 0 unspecified atom stereocenters. The summed E-state index contributed by atoms with van der Waals surface area (Å²) in [4.78, 5) is 0. The molecule has 0 aliphatic heterocycles. The molecular weight excluding hydrogens is 214 g/mol. The summed E-state index contributed by atoms with van der Waals surface area (Å²) >= 11 is 0. The molecule has 0 atom stereocenters. The fraction of sp³-hybridized carbons (Fsp3) is 0.571. The molecule has 0 radical (unpaired) electrons. The molecular formula is C14H21NO2. The molecule has 1 aromatic carbocycles. The zero-order valence-corrected chi connectivity index (χ0v) is 10.4. The van der Waals surface area contributed by atoms with Gasteiger partial charge in [0.2, 0.25) is 0 Å². The number of aliphatic hydroxyl groups excluding tert-OH is 1. The van der Waals surface area contributed by atoms with Crippen molar-refractivity contribution in [1.82, 2.24) is 5.32 Å². The summed E-state index contributed by atoms with van der Waals surface area (Å²) in [7, 11) is 0. The van der Waals surface area contributed by atoms with Gasteiger partial charge in [0.15, 0.2) is 0 Å². The SMILES string of the molecule is CCCOc1ccc(CNC2CC(O)C2)cc1. The Morgan fingerprint density at radius 2 is 2.00 bits per heavy atom. The van der Waals surface area contributed by atoms with Crippen LogP contribution in [-0.2, 0) is 6.54 Å². The Balaban J connectivity index is 1.73. The smallest absolute Gasteiger partial charge is 0.119 e. The Hall–Kier alpha value is -1.06. The fourth-order valence-electron chi connectivity index (χ4n) is 1.94. The van der Waals surface area contributed by atoms with E-state index in [0.29, 0.717) is 6.04 Å². The number of hydrogen-bond acceptors (Lipinski definition) is 3. The molecule has 0 spiro atoms. The second-order valence-corrected chi connectivity index (χ2v) is 4.70. The van der Waals surface area contributed by atoms with Crippen LogP contribution in [0.2, 0.25) is 0 Å². The number of nitrogens with one attached hydrogen (secondary N) is 1. The maximum Gasteiger partial charge on any atom is 0.119 e. The minimum atomic E-state index is -0.0858. The summed E-state index contributed by atoms with van der Waals surface area (Å²) in [5.41, 5.74) is 1.26. The molecule has 1 aliphatic rings. The summed E-state index contributed by atoms with van der Waals surface area (Å²) in [6.07, 6.45) is 2.72. The molecule has 94 valence electrons. The van der Waals surface area contributed by atoms with Crippen molar-refractivity contribution >= 4 is 0 Å². The number of aliphatic hydroxyl groups is 1.